The molecule has 0 radical (unpaired) electrons. The minimum absolute atomic E-state index is 0.0138. The Morgan fingerprint density at radius 3 is 2.21 bits per heavy atom. The van der Waals surface area contributed by atoms with Gasteiger partial charge in [0, 0.05) is 31.6 Å². The van der Waals surface area contributed by atoms with Crippen molar-refractivity contribution in [2.24, 2.45) is 0 Å². The summed E-state index contributed by atoms with van der Waals surface area (Å²) in [4.78, 5) is 36.8. The molecule has 0 atom stereocenters. The molecule has 39 heavy (non-hydrogen) atoms. The van der Waals surface area contributed by atoms with Gasteiger partial charge in [0.25, 0.3) is 5.91 Å². The minimum atomic E-state index is -5.08. The summed E-state index contributed by atoms with van der Waals surface area (Å²) in [6.07, 6.45) is -5.08. The van der Waals surface area contributed by atoms with Gasteiger partial charge in [-0.2, -0.15) is 13.2 Å². The van der Waals surface area contributed by atoms with E-state index in [-0.39, 0.29) is 5.56 Å². The second kappa shape index (κ2) is 11.8. The number of carboxylic acid groups (broad SMARTS) is 1. The van der Waals surface area contributed by atoms with E-state index in [1.54, 1.807) is 18.2 Å². The lowest BCUT2D eigenvalue weighted by Crippen LogP contribution is -2.43. The van der Waals surface area contributed by atoms with Gasteiger partial charge in [-0.3, -0.25) is 4.79 Å². The third-order valence-corrected chi connectivity index (χ3v) is 5.94. The number of benzene rings is 3. The Morgan fingerprint density at radius 1 is 0.897 bits per heavy atom. The Bertz CT molecular complexity index is 1530. The van der Waals surface area contributed by atoms with E-state index in [0.29, 0.717) is 16.7 Å². The molecule has 5 rings (SSSR count). The number of alkyl halides is 3. The number of para-hydroxylation sites is 1. The van der Waals surface area contributed by atoms with Crippen molar-refractivity contribution in [3.8, 4) is 11.1 Å². The fraction of sp³-hybridized carbons (Fsp3) is 0.179. The van der Waals surface area contributed by atoms with Gasteiger partial charge in [-0.05, 0) is 35.4 Å². The first-order valence-electron chi connectivity index (χ1n) is 11.9. The van der Waals surface area contributed by atoms with Crippen molar-refractivity contribution in [2.75, 3.05) is 36.4 Å². The predicted octanol–water partition coefficient (Wildman–Crippen LogP) is 4.76. The Kier molecular flexibility index (Phi) is 8.30. The van der Waals surface area contributed by atoms with Gasteiger partial charge in [0.15, 0.2) is 0 Å². The number of anilines is 2. The van der Waals surface area contributed by atoms with Crippen LogP contribution in [0.4, 0.5) is 24.5 Å². The van der Waals surface area contributed by atoms with Gasteiger partial charge in [-0.1, -0.05) is 54.6 Å². The molecule has 1 fully saturated rings. The number of hydrogen-bond acceptors (Lipinski definition) is 6. The minimum Gasteiger partial charge on any atom is -0.475 e. The fourth-order valence-corrected chi connectivity index (χ4v) is 4.04. The number of nitrogens with zero attached hydrogens (tertiary/aromatic N) is 1. The number of carbonyl (C=O) groups is 2. The average Bonchev–Trinajstić information content (AvgIpc) is 2.93. The molecular formula is C28H24F3N3O5. The van der Waals surface area contributed by atoms with Crippen LogP contribution in [0.3, 0.4) is 0 Å². The van der Waals surface area contributed by atoms with E-state index in [1.807, 2.05) is 54.6 Å². The van der Waals surface area contributed by atoms with Crippen LogP contribution in [0.5, 0.6) is 0 Å². The van der Waals surface area contributed by atoms with Gasteiger partial charge in [-0.25, -0.2) is 9.59 Å². The van der Waals surface area contributed by atoms with Crippen LogP contribution in [0.2, 0.25) is 0 Å². The Hall–Kier alpha value is -4.64. The van der Waals surface area contributed by atoms with Crippen LogP contribution < -0.4 is 21.2 Å². The number of halogens is 3. The molecule has 0 saturated carbocycles. The summed E-state index contributed by atoms with van der Waals surface area (Å²) in [6, 6.07) is 24.8. The van der Waals surface area contributed by atoms with Crippen LogP contribution in [-0.4, -0.2) is 49.3 Å². The monoisotopic (exact) mass is 539 g/mol. The maximum atomic E-state index is 13.2. The first-order valence-corrected chi connectivity index (χ1v) is 11.9. The molecule has 0 bridgehead atoms. The normalized spacial score (nSPS) is 13.4. The number of fused-ring (bicyclic) bond motifs is 1. The molecule has 3 N–H and O–H groups in total. The average molecular weight is 540 g/mol. The molecule has 202 valence electrons. The Labute approximate surface area is 220 Å². The van der Waals surface area contributed by atoms with Crippen molar-refractivity contribution >= 4 is 34.2 Å². The maximum Gasteiger partial charge on any atom is 0.490 e. The molecule has 8 nitrogen and oxygen atoms in total. The molecular weight excluding hydrogens is 515 g/mol. The molecule has 0 aliphatic carbocycles. The number of hydrogen-bond donors (Lipinski definition) is 3. The number of amides is 1. The summed E-state index contributed by atoms with van der Waals surface area (Å²) in [7, 11) is 0. The third-order valence-electron chi connectivity index (χ3n) is 5.94. The van der Waals surface area contributed by atoms with Crippen LogP contribution in [0.25, 0.3) is 22.1 Å². The Morgan fingerprint density at radius 2 is 1.54 bits per heavy atom. The van der Waals surface area contributed by atoms with Crippen molar-refractivity contribution in [1.29, 1.82) is 0 Å². The van der Waals surface area contributed by atoms with Crippen LogP contribution in [0, 0.1) is 0 Å². The van der Waals surface area contributed by atoms with Crippen LogP contribution in [-0.2, 0) is 4.79 Å². The second-order valence-electron chi connectivity index (χ2n) is 8.58. The first kappa shape index (κ1) is 27.4. The summed E-state index contributed by atoms with van der Waals surface area (Å²) >= 11 is 0. The number of piperazine rings is 1. The number of carboxylic acids is 1. The SMILES string of the molecule is O=C(Nc1cc(-c2ccccc2)ccc1N1CCNCC1)c1cc2ccccc2oc1=O.O=C(O)C(F)(F)F. The van der Waals surface area contributed by atoms with E-state index < -0.39 is 23.7 Å². The lowest BCUT2D eigenvalue weighted by Gasteiger charge is -2.31. The number of nitrogens with one attached hydrogen (secondary N) is 2. The summed E-state index contributed by atoms with van der Waals surface area (Å²) < 4.78 is 37.1. The van der Waals surface area contributed by atoms with Crippen LogP contribution in [0.15, 0.2) is 88.1 Å². The van der Waals surface area contributed by atoms with E-state index in [2.05, 4.69) is 21.6 Å². The highest BCUT2D eigenvalue weighted by Gasteiger charge is 2.38. The molecule has 0 unspecified atom stereocenters. The highest BCUT2D eigenvalue weighted by Crippen LogP contribution is 2.32. The van der Waals surface area contributed by atoms with Gasteiger partial charge in [0.05, 0.1) is 11.4 Å². The first-order chi connectivity index (χ1) is 18.6. The molecule has 4 aromatic rings. The topological polar surface area (TPSA) is 112 Å². The lowest BCUT2D eigenvalue weighted by molar-refractivity contribution is -0.192. The number of aliphatic carboxylic acids is 1. The summed E-state index contributed by atoms with van der Waals surface area (Å²) in [5.41, 5.74) is 3.45. The number of carbonyl (C=O) groups excluding carboxylic acids is 1. The van der Waals surface area contributed by atoms with Crippen molar-refractivity contribution in [2.45, 2.75) is 6.18 Å². The highest BCUT2D eigenvalue weighted by atomic mass is 19.4. The molecule has 1 aromatic heterocycles. The zero-order chi connectivity index (χ0) is 28.0. The largest absolute Gasteiger partial charge is 0.490 e. The second-order valence-corrected chi connectivity index (χ2v) is 8.58. The standard InChI is InChI=1S/C26H23N3O3.C2HF3O2/c30-25(21-16-20-8-4-5-9-24(20)32-26(21)31)28-22-17-19(18-6-2-1-3-7-18)10-11-23(22)29-14-12-27-13-15-29;3-2(4,5)1(6)7/h1-11,16-17,27H,12-15H2,(H,28,30);(H,6,7). The smallest absolute Gasteiger partial charge is 0.475 e. The van der Waals surface area contributed by atoms with Crippen molar-refractivity contribution < 1.29 is 32.3 Å². The van der Waals surface area contributed by atoms with Crippen molar-refractivity contribution in [1.82, 2.24) is 5.32 Å². The van der Waals surface area contributed by atoms with Gasteiger partial charge >= 0.3 is 17.8 Å². The predicted molar refractivity (Wildman–Crippen MR) is 141 cm³/mol. The summed E-state index contributed by atoms with van der Waals surface area (Å²) in [6.45, 7) is 3.43. The zero-order valence-electron chi connectivity index (χ0n) is 20.5. The summed E-state index contributed by atoms with van der Waals surface area (Å²) in [5.74, 6) is -3.24. The molecule has 0 spiro atoms. The quantitative estimate of drug-likeness (QED) is 0.321. The van der Waals surface area contributed by atoms with Gasteiger partial charge in [-0.15, -0.1) is 0 Å². The van der Waals surface area contributed by atoms with Gasteiger partial charge in [0.1, 0.15) is 11.1 Å². The van der Waals surface area contributed by atoms with E-state index in [9.17, 15) is 22.8 Å². The molecule has 1 aliphatic heterocycles. The van der Waals surface area contributed by atoms with Gasteiger partial charge < -0.3 is 25.1 Å². The molecule has 1 amide bonds. The molecule has 3 aromatic carbocycles. The van der Waals surface area contributed by atoms with Gasteiger partial charge in [0.2, 0.25) is 0 Å². The summed E-state index contributed by atoms with van der Waals surface area (Å²) in [5, 5.41) is 14.2. The molecule has 1 saturated heterocycles. The molecule has 2 heterocycles. The van der Waals surface area contributed by atoms with Crippen molar-refractivity contribution in [3.05, 3.63) is 94.8 Å². The van der Waals surface area contributed by atoms with E-state index in [4.69, 9.17) is 14.3 Å². The number of rotatable bonds is 4. The molecule has 11 heteroatoms. The lowest BCUT2D eigenvalue weighted by atomic mass is 10.0. The van der Waals surface area contributed by atoms with E-state index in [0.717, 1.165) is 43.0 Å². The van der Waals surface area contributed by atoms with E-state index in [1.165, 1.54) is 0 Å². The van der Waals surface area contributed by atoms with Crippen LogP contribution in [0.1, 0.15) is 10.4 Å². The van der Waals surface area contributed by atoms with Crippen molar-refractivity contribution in [3.63, 3.8) is 0 Å². The van der Waals surface area contributed by atoms with Crippen LogP contribution >= 0.6 is 0 Å². The highest BCUT2D eigenvalue weighted by molar-refractivity contribution is 6.07. The molecule has 1 aliphatic rings. The third kappa shape index (κ3) is 6.82. The van der Waals surface area contributed by atoms with E-state index >= 15 is 0 Å². The fourth-order valence-electron chi connectivity index (χ4n) is 4.04. The maximum absolute atomic E-state index is 13.2. The zero-order valence-corrected chi connectivity index (χ0v) is 20.5. The Balaban J connectivity index is 0.000000448.